The monoisotopic (exact) mass is 687 g/mol. The van der Waals surface area contributed by atoms with Crippen molar-refractivity contribution in [3.8, 4) is 67.5 Å². The van der Waals surface area contributed by atoms with Crippen LogP contribution < -0.4 is 0 Å². The predicted molar refractivity (Wildman–Crippen MR) is 225 cm³/mol. The molecule has 0 amide bonds. The van der Waals surface area contributed by atoms with Crippen LogP contribution in [0.5, 0.6) is 0 Å². The molecule has 0 aliphatic heterocycles. The van der Waals surface area contributed by atoms with Gasteiger partial charge in [0.05, 0.1) is 0 Å². The van der Waals surface area contributed by atoms with Crippen LogP contribution in [-0.4, -0.2) is 15.0 Å². The molecule has 9 aromatic carbocycles. The third kappa shape index (κ3) is 5.69. The van der Waals surface area contributed by atoms with E-state index in [1.165, 1.54) is 37.9 Å². The Labute approximate surface area is 313 Å². The molecule has 0 unspecified atom stereocenters. The summed E-state index contributed by atoms with van der Waals surface area (Å²) in [4.78, 5) is 15.3. The van der Waals surface area contributed by atoms with E-state index in [9.17, 15) is 0 Å². The normalized spacial score (nSPS) is 11.3. The maximum atomic E-state index is 5.15. The quantitative estimate of drug-likeness (QED) is 0.129. The summed E-state index contributed by atoms with van der Waals surface area (Å²) < 4.78 is 0. The maximum absolute atomic E-state index is 5.15. The molecular weight excluding hydrogens is 655 g/mol. The van der Waals surface area contributed by atoms with E-state index in [1.54, 1.807) is 0 Å². The van der Waals surface area contributed by atoms with Gasteiger partial charge in [0.2, 0.25) is 0 Å². The Bertz CT molecular complexity index is 2960. The van der Waals surface area contributed by atoms with Gasteiger partial charge in [-0.2, -0.15) is 0 Å². The summed E-state index contributed by atoms with van der Waals surface area (Å²) in [5, 5.41) is 7.46. The Hall–Kier alpha value is -7.23. The van der Waals surface area contributed by atoms with Crippen molar-refractivity contribution in [3.63, 3.8) is 0 Å². The van der Waals surface area contributed by atoms with Crippen molar-refractivity contribution in [1.29, 1.82) is 0 Å². The molecule has 0 bridgehead atoms. The summed E-state index contributed by atoms with van der Waals surface area (Å²) >= 11 is 0. The summed E-state index contributed by atoms with van der Waals surface area (Å²) in [6, 6.07) is 70.6. The highest BCUT2D eigenvalue weighted by atomic mass is 15.0. The molecule has 3 nitrogen and oxygen atoms in total. The molecule has 10 rings (SSSR count). The van der Waals surface area contributed by atoms with Crippen LogP contribution in [0.1, 0.15) is 0 Å². The fraction of sp³-hybridized carbons (Fsp3) is 0. The second-order valence-corrected chi connectivity index (χ2v) is 13.6. The van der Waals surface area contributed by atoms with Gasteiger partial charge in [-0.1, -0.05) is 188 Å². The van der Waals surface area contributed by atoms with Crippen LogP contribution in [0.25, 0.3) is 99.9 Å². The molecule has 0 saturated heterocycles. The Morgan fingerprint density at radius 2 is 0.722 bits per heavy atom. The highest BCUT2D eigenvalue weighted by molar-refractivity contribution is 6.20. The molecule has 0 N–H and O–H groups in total. The van der Waals surface area contributed by atoms with E-state index in [0.29, 0.717) is 17.5 Å². The van der Waals surface area contributed by atoms with Gasteiger partial charge < -0.3 is 0 Å². The van der Waals surface area contributed by atoms with E-state index >= 15 is 0 Å². The van der Waals surface area contributed by atoms with Crippen molar-refractivity contribution < 1.29 is 0 Å². The summed E-state index contributed by atoms with van der Waals surface area (Å²) in [6.45, 7) is 0. The fourth-order valence-electron chi connectivity index (χ4n) is 7.68. The van der Waals surface area contributed by atoms with E-state index in [2.05, 4.69) is 182 Å². The highest BCUT2D eigenvalue weighted by Gasteiger charge is 2.17. The van der Waals surface area contributed by atoms with Crippen molar-refractivity contribution in [3.05, 3.63) is 200 Å². The Morgan fingerprint density at radius 3 is 1.39 bits per heavy atom. The summed E-state index contributed by atoms with van der Waals surface area (Å²) in [5.74, 6) is 1.90. The number of hydrogen-bond donors (Lipinski definition) is 0. The molecule has 3 heteroatoms. The number of benzene rings is 9. The zero-order chi connectivity index (χ0) is 35.8. The topological polar surface area (TPSA) is 38.7 Å². The zero-order valence-corrected chi connectivity index (χ0v) is 29.4. The number of rotatable bonds is 6. The van der Waals surface area contributed by atoms with E-state index in [-0.39, 0.29) is 0 Å². The third-order valence-corrected chi connectivity index (χ3v) is 10.3. The minimum atomic E-state index is 0.631. The highest BCUT2D eigenvalue weighted by Crippen LogP contribution is 2.40. The minimum absolute atomic E-state index is 0.631. The standard InChI is InChI=1S/C51H33N3/c1-4-14-34(15-5-1)43-30-29-41(33-46(43)35-16-6-2-7-17-35)51-53-49(38-19-8-3-9-20-38)52-50(54-51)39-26-24-37(25-27-39)48-44-23-13-11-21-40(44)32-47-42-22-12-10-18-36(42)28-31-45(47)48/h1-33H. The lowest BCUT2D eigenvalue weighted by Gasteiger charge is -2.15. The minimum Gasteiger partial charge on any atom is -0.208 e. The molecule has 1 heterocycles. The first-order valence-corrected chi connectivity index (χ1v) is 18.3. The predicted octanol–water partition coefficient (Wildman–Crippen LogP) is 13.3. The summed E-state index contributed by atoms with van der Waals surface area (Å²) in [5.41, 5.74) is 9.77. The lowest BCUT2D eigenvalue weighted by atomic mass is 9.89. The molecule has 0 atom stereocenters. The second-order valence-electron chi connectivity index (χ2n) is 13.6. The van der Waals surface area contributed by atoms with Crippen LogP contribution in [-0.2, 0) is 0 Å². The van der Waals surface area contributed by atoms with Gasteiger partial charge in [-0.05, 0) is 77.8 Å². The largest absolute Gasteiger partial charge is 0.208 e. The molecule has 0 fully saturated rings. The van der Waals surface area contributed by atoms with E-state index < -0.39 is 0 Å². The zero-order valence-electron chi connectivity index (χ0n) is 29.4. The van der Waals surface area contributed by atoms with Gasteiger partial charge in [-0.3, -0.25) is 0 Å². The first-order valence-electron chi connectivity index (χ1n) is 18.3. The van der Waals surface area contributed by atoms with Crippen LogP contribution in [0.3, 0.4) is 0 Å². The molecule has 10 aromatic rings. The van der Waals surface area contributed by atoms with E-state index in [0.717, 1.165) is 44.5 Å². The van der Waals surface area contributed by atoms with Gasteiger partial charge in [-0.15, -0.1) is 0 Å². The summed E-state index contributed by atoms with van der Waals surface area (Å²) in [6.07, 6.45) is 0. The Morgan fingerprint density at radius 1 is 0.241 bits per heavy atom. The van der Waals surface area contributed by atoms with Crippen molar-refractivity contribution in [2.45, 2.75) is 0 Å². The van der Waals surface area contributed by atoms with Gasteiger partial charge in [0.1, 0.15) is 0 Å². The van der Waals surface area contributed by atoms with Crippen molar-refractivity contribution in [2.75, 3.05) is 0 Å². The molecule has 0 radical (unpaired) electrons. The third-order valence-electron chi connectivity index (χ3n) is 10.3. The van der Waals surface area contributed by atoms with Crippen LogP contribution in [0.2, 0.25) is 0 Å². The lowest BCUT2D eigenvalue weighted by molar-refractivity contribution is 1.07. The summed E-state index contributed by atoms with van der Waals surface area (Å²) in [7, 11) is 0. The maximum Gasteiger partial charge on any atom is 0.164 e. The SMILES string of the molecule is c1ccc(-c2nc(-c3ccc(-c4c5ccccc5cc5c4ccc4ccccc45)cc3)nc(-c3ccc(-c4ccccc4)c(-c4ccccc4)c3)n2)cc1. The molecule has 0 spiro atoms. The average molecular weight is 688 g/mol. The molecule has 0 aliphatic carbocycles. The fourth-order valence-corrected chi connectivity index (χ4v) is 7.68. The number of hydrogen-bond acceptors (Lipinski definition) is 3. The number of nitrogens with zero attached hydrogens (tertiary/aromatic N) is 3. The molecule has 252 valence electrons. The Balaban J connectivity index is 1.12. The van der Waals surface area contributed by atoms with Crippen molar-refractivity contribution in [1.82, 2.24) is 15.0 Å². The number of aromatic nitrogens is 3. The van der Waals surface area contributed by atoms with E-state index in [1.807, 2.05) is 18.2 Å². The van der Waals surface area contributed by atoms with Crippen LogP contribution >= 0.6 is 0 Å². The van der Waals surface area contributed by atoms with E-state index in [4.69, 9.17) is 15.0 Å². The first kappa shape index (κ1) is 31.5. The first-order chi connectivity index (χ1) is 26.8. The smallest absolute Gasteiger partial charge is 0.164 e. The van der Waals surface area contributed by atoms with Gasteiger partial charge >= 0.3 is 0 Å². The molecule has 0 saturated carbocycles. The number of fused-ring (bicyclic) bond motifs is 4. The molecule has 0 aliphatic rings. The second kappa shape index (κ2) is 13.4. The van der Waals surface area contributed by atoms with Gasteiger partial charge in [0.25, 0.3) is 0 Å². The van der Waals surface area contributed by atoms with Gasteiger partial charge in [0, 0.05) is 16.7 Å². The van der Waals surface area contributed by atoms with Crippen LogP contribution in [0.15, 0.2) is 200 Å². The molecule has 1 aromatic heterocycles. The Kier molecular flexibility index (Phi) is 7.81. The van der Waals surface area contributed by atoms with Crippen LogP contribution in [0, 0.1) is 0 Å². The van der Waals surface area contributed by atoms with Gasteiger partial charge in [-0.25, -0.2) is 15.0 Å². The van der Waals surface area contributed by atoms with Crippen molar-refractivity contribution >= 4 is 32.3 Å². The van der Waals surface area contributed by atoms with Gasteiger partial charge in [0.15, 0.2) is 17.5 Å². The average Bonchev–Trinajstić information content (AvgIpc) is 3.26. The van der Waals surface area contributed by atoms with Crippen molar-refractivity contribution in [2.24, 2.45) is 0 Å². The molecular formula is C51H33N3. The van der Waals surface area contributed by atoms with Crippen LogP contribution in [0.4, 0.5) is 0 Å². The lowest BCUT2D eigenvalue weighted by Crippen LogP contribution is -2.00. The molecule has 54 heavy (non-hydrogen) atoms.